The topological polar surface area (TPSA) is 79.0 Å². The summed E-state index contributed by atoms with van der Waals surface area (Å²) in [6.45, 7) is 2.54. The lowest BCUT2D eigenvalue weighted by Crippen LogP contribution is -2.17. The lowest BCUT2D eigenvalue weighted by molar-refractivity contribution is -0.380. The summed E-state index contributed by atoms with van der Waals surface area (Å²) in [7, 11) is 0. The number of nitrogens with zero attached hydrogens (tertiary/aromatic N) is 2. The third-order valence-corrected chi connectivity index (χ3v) is 2.72. The van der Waals surface area contributed by atoms with Crippen LogP contribution in [0.4, 0.5) is 5.00 Å². The Labute approximate surface area is 85.1 Å². The van der Waals surface area contributed by atoms with Crippen LogP contribution in [0.5, 0.6) is 0 Å². The highest BCUT2D eigenvalue weighted by Gasteiger charge is 2.16. The maximum absolute atomic E-state index is 10.4. The quantitative estimate of drug-likeness (QED) is 0.608. The predicted octanol–water partition coefficient (Wildman–Crippen LogP) is 1.83. The Morgan fingerprint density at radius 2 is 2.50 bits per heavy atom. The van der Waals surface area contributed by atoms with Crippen LogP contribution in [-0.4, -0.2) is 11.5 Å². The number of nitro groups is 1. The molecule has 0 fully saturated rings. The van der Waals surface area contributed by atoms with Crippen molar-refractivity contribution in [1.29, 1.82) is 5.26 Å². The van der Waals surface area contributed by atoms with E-state index in [0.29, 0.717) is 11.4 Å². The number of hydrogen-bond acceptors (Lipinski definition) is 5. The van der Waals surface area contributed by atoms with E-state index in [4.69, 9.17) is 5.26 Å². The zero-order chi connectivity index (χ0) is 10.6. The molecule has 1 aromatic rings. The minimum Gasteiger partial charge on any atom is -0.298 e. The molecule has 5 nitrogen and oxygen atoms in total. The van der Waals surface area contributed by atoms with E-state index in [2.05, 4.69) is 5.32 Å². The second-order valence-electron chi connectivity index (χ2n) is 2.55. The van der Waals surface area contributed by atoms with Gasteiger partial charge in [-0.1, -0.05) is 18.3 Å². The molecule has 0 aliphatic carbocycles. The van der Waals surface area contributed by atoms with Crippen LogP contribution in [0, 0.1) is 21.4 Å². The molecule has 1 unspecified atom stereocenters. The number of nitrogens with one attached hydrogen (secondary N) is 1. The number of rotatable bonds is 4. The molecule has 0 saturated carbocycles. The van der Waals surface area contributed by atoms with Crippen molar-refractivity contribution >= 4 is 16.3 Å². The molecule has 0 bridgehead atoms. The average molecular weight is 211 g/mol. The molecule has 14 heavy (non-hydrogen) atoms. The lowest BCUT2D eigenvalue weighted by Gasteiger charge is -2.05. The molecular formula is C8H9N3O2S. The summed E-state index contributed by atoms with van der Waals surface area (Å²) < 4.78 is 0. The van der Waals surface area contributed by atoms with Gasteiger partial charge in [0, 0.05) is 10.9 Å². The molecule has 1 heterocycles. The van der Waals surface area contributed by atoms with Gasteiger partial charge in [-0.2, -0.15) is 5.26 Å². The van der Waals surface area contributed by atoms with Crippen molar-refractivity contribution in [1.82, 2.24) is 5.32 Å². The van der Waals surface area contributed by atoms with E-state index >= 15 is 0 Å². The number of nitriles is 1. The lowest BCUT2D eigenvalue weighted by atomic mass is 10.2. The van der Waals surface area contributed by atoms with E-state index in [-0.39, 0.29) is 5.00 Å². The van der Waals surface area contributed by atoms with E-state index in [1.54, 1.807) is 6.07 Å². The van der Waals surface area contributed by atoms with Gasteiger partial charge < -0.3 is 0 Å². The molecule has 1 atom stereocenters. The fourth-order valence-corrected chi connectivity index (χ4v) is 1.85. The summed E-state index contributed by atoms with van der Waals surface area (Å²) >= 11 is 1.03. The van der Waals surface area contributed by atoms with Gasteiger partial charge in [0.05, 0.1) is 11.0 Å². The largest absolute Gasteiger partial charge is 0.324 e. The molecule has 0 amide bonds. The average Bonchev–Trinajstić information content (AvgIpc) is 2.63. The van der Waals surface area contributed by atoms with Crippen molar-refractivity contribution < 1.29 is 4.92 Å². The first-order chi connectivity index (χ1) is 6.69. The van der Waals surface area contributed by atoms with Crippen molar-refractivity contribution in [2.24, 2.45) is 0 Å². The van der Waals surface area contributed by atoms with Crippen molar-refractivity contribution in [3.8, 4) is 6.07 Å². The van der Waals surface area contributed by atoms with E-state index in [9.17, 15) is 10.1 Å². The van der Waals surface area contributed by atoms with E-state index in [1.165, 1.54) is 6.07 Å². The van der Waals surface area contributed by atoms with Gasteiger partial charge in [-0.15, -0.1) is 0 Å². The van der Waals surface area contributed by atoms with Crippen LogP contribution in [0.25, 0.3) is 0 Å². The molecule has 0 aliphatic heterocycles. The molecule has 0 saturated heterocycles. The van der Waals surface area contributed by atoms with Gasteiger partial charge in [0.15, 0.2) is 0 Å². The van der Waals surface area contributed by atoms with Crippen molar-refractivity contribution in [2.45, 2.75) is 13.0 Å². The molecule has 6 heteroatoms. The van der Waals surface area contributed by atoms with E-state index in [0.717, 1.165) is 11.3 Å². The Morgan fingerprint density at radius 3 is 2.93 bits per heavy atom. The van der Waals surface area contributed by atoms with Gasteiger partial charge in [0.25, 0.3) is 0 Å². The highest BCUT2D eigenvalue weighted by atomic mass is 32.1. The van der Waals surface area contributed by atoms with Crippen LogP contribution in [0.3, 0.4) is 0 Å². The van der Waals surface area contributed by atoms with E-state index < -0.39 is 11.0 Å². The maximum Gasteiger partial charge on any atom is 0.324 e. The van der Waals surface area contributed by atoms with Crippen molar-refractivity contribution in [3.63, 3.8) is 0 Å². The Bertz CT molecular complexity index is 369. The van der Waals surface area contributed by atoms with Crippen molar-refractivity contribution in [3.05, 3.63) is 27.1 Å². The van der Waals surface area contributed by atoms with Gasteiger partial charge in [-0.25, -0.2) is 0 Å². The molecular weight excluding hydrogens is 202 g/mol. The summed E-state index contributed by atoms with van der Waals surface area (Å²) in [5.41, 5.74) is 0. The zero-order valence-corrected chi connectivity index (χ0v) is 8.37. The highest BCUT2D eigenvalue weighted by molar-refractivity contribution is 7.15. The normalized spacial score (nSPS) is 12.0. The molecule has 0 aromatic carbocycles. The monoisotopic (exact) mass is 211 g/mol. The molecule has 0 radical (unpaired) electrons. The fraction of sp³-hybridized carbons (Fsp3) is 0.375. The Morgan fingerprint density at radius 1 is 1.79 bits per heavy atom. The van der Waals surface area contributed by atoms with Crippen LogP contribution in [0.1, 0.15) is 17.8 Å². The van der Waals surface area contributed by atoms with Gasteiger partial charge in [-0.05, 0) is 12.6 Å². The predicted molar refractivity (Wildman–Crippen MR) is 53.0 cm³/mol. The van der Waals surface area contributed by atoms with Crippen LogP contribution in [-0.2, 0) is 0 Å². The standard InChI is InChI=1S/C8H9N3O2S/c1-2-10-6(5-9)7-3-4-8(14-7)11(12)13/h3-4,6,10H,2H2,1H3. The second-order valence-corrected chi connectivity index (χ2v) is 3.65. The first-order valence-corrected chi connectivity index (χ1v) is 4.87. The van der Waals surface area contributed by atoms with Crippen LogP contribution >= 0.6 is 11.3 Å². The Kier molecular flexibility index (Phi) is 3.56. The molecule has 0 aliphatic rings. The minimum absolute atomic E-state index is 0.0677. The third-order valence-electron chi connectivity index (χ3n) is 1.61. The highest BCUT2D eigenvalue weighted by Crippen LogP contribution is 2.28. The van der Waals surface area contributed by atoms with Gasteiger partial charge in [-0.3, -0.25) is 15.4 Å². The van der Waals surface area contributed by atoms with Gasteiger partial charge >= 0.3 is 5.00 Å². The van der Waals surface area contributed by atoms with Crippen LogP contribution in [0.2, 0.25) is 0 Å². The second kappa shape index (κ2) is 4.69. The Balaban J connectivity index is 2.85. The SMILES string of the molecule is CCNC(C#N)c1ccc([N+](=O)[O-])s1. The summed E-state index contributed by atoms with van der Waals surface area (Å²) in [4.78, 5) is 10.6. The third kappa shape index (κ3) is 2.28. The van der Waals surface area contributed by atoms with Gasteiger partial charge in [0.1, 0.15) is 6.04 Å². The first-order valence-electron chi connectivity index (χ1n) is 4.06. The first kappa shape index (κ1) is 10.6. The summed E-state index contributed by atoms with van der Waals surface area (Å²) in [6, 6.07) is 4.63. The summed E-state index contributed by atoms with van der Waals surface area (Å²) in [5.74, 6) is 0. The molecule has 74 valence electrons. The Hall–Kier alpha value is -1.45. The van der Waals surface area contributed by atoms with Crippen LogP contribution < -0.4 is 5.32 Å². The zero-order valence-electron chi connectivity index (χ0n) is 7.56. The molecule has 1 aromatic heterocycles. The van der Waals surface area contributed by atoms with Gasteiger partial charge in [0.2, 0.25) is 0 Å². The molecule has 0 spiro atoms. The fourth-order valence-electron chi connectivity index (χ4n) is 1.01. The minimum atomic E-state index is -0.450. The summed E-state index contributed by atoms with van der Waals surface area (Å²) in [6.07, 6.45) is 0. The van der Waals surface area contributed by atoms with Crippen LogP contribution in [0.15, 0.2) is 12.1 Å². The number of hydrogen-bond donors (Lipinski definition) is 1. The summed E-state index contributed by atoms with van der Waals surface area (Å²) in [5, 5.41) is 22.2. The molecule has 1 N–H and O–H groups in total. The number of thiophene rings is 1. The maximum atomic E-state index is 10.4. The van der Waals surface area contributed by atoms with Crippen molar-refractivity contribution in [2.75, 3.05) is 6.54 Å². The smallest absolute Gasteiger partial charge is 0.298 e. The van der Waals surface area contributed by atoms with E-state index in [1.807, 2.05) is 13.0 Å². The molecule has 1 rings (SSSR count).